The number of anilines is 1. The van der Waals surface area contributed by atoms with Crippen LogP contribution < -0.4 is 15.2 Å². The number of hydrogen-bond donors (Lipinski definition) is 1. The van der Waals surface area contributed by atoms with Crippen LogP contribution in [0.2, 0.25) is 0 Å². The van der Waals surface area contributed by atoms with E-state index in [2.05, 4.69) is 15.9 Å². The van der Waals surface area contributed by atoms with E-state index in [1.807, 2.05) is 36.4 Å². The summed E-state index contributed by atoms with van der Waals surface area (Å²) in [6.45, 7) is 1.40. The van der Waals surface area contributed by atoms with Crippen LogP contribution in [0.3, 0.4) is 0 Å². The van der Waals surface area contributed by atoms with Crippen molar-refractivity contribution in [3.8, 4) is 11.5 Å². The fourth-order valence-electron chi connectivity index (χ4n) is 2.60. The van der Waals surface area contributed by atoms with E-state index in [1.54, 1.807) is 7.11 Å². The average molecular weight is 378 g/mol. The van der Waals surface area contributed by atoms with Crippen molar-refractivity contribution in [2.24, 2.45) is 0 Å². The first-order valence-corrected chi connectivity index (χ1v) is 8.40. The highest BCUT2D eigenvalue weighted by Gasteiger charge is 2.19. The Hall–Kier alpha value is -1.72. The van der Waals surface area contributed by atoms with E-state index in [0.717, 1.165) is 46.7 Å². The van der Waals surface area contributed by atoms with Gasteiger partial charge in [-0.15, -0.1) is 0 Å². The van der Waals surface area contributed by atoms with Gasteiger partial charge in [0.05, 0.1) is 24.8 Å². The van der Waals surface area contributed by atoms with Gasteiger partial charge >= 0.3 is 0 Å². The van der Waals surface area contributed by atoms with Crippen LogP contribution in [0.25, 0.3) is 0 Å². The minimum Gasteiger partial charge on any atom is -0.497 e. The van der Waals surface area contributed by atoms with Gasteiger partial charge in [0.2, 0.25) is 0 Å². The largest absolute Gasteiger partial charge is 0.497 e. The molecule has 4 nitrogen and oxygen atoms in total. The lowest BCUT2D eigenvalue weighted by atomic mass is 10.0. The summed E-state index contributed by atoms with van der Waals surface area (Å²) in [7, 11) is 1.66. The van der Waals surface area contributed by atoms with Crippen LogP contribution in [0, 0.1) is 0 Å². The Labute approximate surface area is 144 Å². The van der Waals surface area contributed by atoms with E-state index in [4.69, 9.17) is 19.9 Å². The first-order chi connectivity index (χ1) is 11.2. The Balaban J connectivity index is 1.75. The fraction of sp³-hybridized carbons (Fsp3) is 0.333. The Bertz CT molecular complexity index is 667. The molecular formula is C18H20BrNO3. The minimum atomic E-state index is 0.109. The van der Waals surface area contributed by atoms with Crippen molar-refractivity contribution >= 4 is 21.6 Å². The van der Waals surface area contributed by atoms with Gasteiger partial charge in [0, 0.05) is 18.2 Å². The van der Waals surface area contributed by atoms with Crippen molar-refractivity contribution in [2.75, 3.05) is 26.1 Å². The average Bonchev–Trinajstić information content (AvgIpc) is 3.06. The standard InChI is InChI=1S/C18H20BrNO3/c1-21-14-4-2-12(3-5-14)8-13-9-16(19)18(10-17(13)20)23-15-6-7-22-11-15/h2-5,9-10,15H,6-8,11,20H2,1H3. The molecule has 1 saturated heterocycles. The van der Waals surface area contributed by atoms with Gasteiger partial charge in [-0.25, -0.2) is 0 Å². The van der Waals surface area contributed by atoms with E-state index in [1.165, 1.54) is 5.56 Å². The van der Waals surface area contributed by atoms with E-state index < -0.39 is 0 Å². The normalized spacial score (nSPS) is 17.2. The smallest absolute Gasteiger partial charge is 0.136 e. The number of benzene rings is 2. The van der Waals surface area contributed by atoms with Crippen molar-refractivity contribution in [3.63, 3.8) is 0 Å². The molecule has 23 heavy (non-hydrogen) atoms. The number of methoxy groups -OCH3 is 1. The lowest BCUT2D eigenvalue weighted by molar-refractivity contribution is 0.141. The number of halogens is 1. The van der Waals surface area contributed by atoms with Crippen molar-refractivity contribution in [2.45, 2.75) is 18.9 Å². The molecule has 1 aliphatic heterocycles. The quantitative estimate of drug-likeness (QED) is 0.805. The summed E-state index contributed by atoms with van der Waals surface area (Å²) < 4.78 is 17.4. The molecule has 2 N–H and O–H groups in total. The molecule has 0 spiro atoms. The number of nitrogens with two attached hydrogens (primary N) is 1. The van der Waals surface area contributed by atoms with Gasteiger partial charge in [0.25, 0.3) is 0 Å². The zero-order chi connectivity index (χ0) is 16.2. The molecule has 0 aromatic heterocycles. The molecule has 122 valence electrons. The molecule has 0 saturated carbocycles. The van der Waals surface area contributed by atoms with Crippen molar-refractivity contribution in [1.29, 1.82) is 0 Å². The molecule has 3 rings (SSSR count). The van der Waals surface area contributed by atoms with Crippen molar-refractivity contribution in [1.82, 2.24) is 0 Å². The lowest BCUT2D eigenvalue weighted by Gasteiger charge is -2.16. The fourth-order valence-corrected chi connectivity index (χ4v) is 3.09. The second-order valence-corrected chi connectivity index (χ2v) is 6.46. The van der Waals surface area contributed by atoms with Crippen LogP contribution in [0.4, 0.5) is 5.69 Å². The van der Waals surface area contributed by atoms with Gasteiger partial charge in [-0.1, -0.05) is 12.1 Å². The maximum absolute atomic E-state index is 6.21. The first kappa shape index (κ1) is 16.1. The monoisotopic (exact) mass is 377 g/mol. The van der Waals surface area contributed by atoms with Gasteiger partial charge in [-0.3, -0.25) is 0 Å². The van der Waals surface area contributed by atoms with Crippen LogP contribution in [0.5, 0.6) is 11.5 Å². The van der Waals surface area contributed by atoms with Crippen LogP contribution >= 0.6 is 15.9 Å². The Morgan fingerprint density at radius 1 is 1.26 bits per heavy atom. The second-order valence-electron chi connectivity index (χ2n) is 5.61. The second kappa shape index (κ2) is 7.23. The third kappa shape index (κ3) is 3.98. The number of hydrogen-bond acceptors (Lipinski definition) is 4. The van der Waals surface area contributed by atoms with Crippen molar-refractivity contribution < 1.29 is 14.2 Å². The van der Waals surface area contributed by atoms with Crippen LogP contribution in [0.1, 0.15) is 17.5 Å². The zero-order valence-electron chi connectivity index (χ0n) is 13.0. The third-order valence-electron chi connectivity index (χ3n) is 3.93. The summed E-state index contributed by atoms with van der Waals surface area (Å²) in [5.74, 6) is 1.63. The van der Waals surface area contributed by atoms with Gasteiger partial charge in [-0.2, -0.15) is 0 Å². The predicted octanol–water partition coefficient (Wildman–Crippen LogP) is 3.80. The molecule has 1 fully saturated rings. The maximum atomic E-state index is 6.21. The van der Waals surface area contributed by atoms with Gasteiger partial charge in [0.1, 0.15) is 17.6 Å². The molecule has 0 bridgehead atoms. The van der Waals surface area contributed by atoms with Gasteiger partial charge < -0.3 is 19.9 Å². The molecular weight excluding hydrogens is 358 g/mol. The summed E-state index contributed by atoms with van der Waals surface area (Å²) in [6.07, 6.45) is 1.79. The minimum absolute atomic E-state index is 0.109. The zero-order valence-corrected chi connectivity index (χ0v) is 14.6. The highest BCUT2D eigenvalue weighted by molar-refractivity contribution is 9.10. The lowest BCUT2D eigenvalue weighted by Crippen LogP contribution is -2.16. The number of nitrogen functional groups attached to an aromatic ring is 1. The molecule has 0 radical (unpaired) electrons. The van der Waals surface area contributed by atoms with E-state index in [0.29, 0.717) is 6.61 Å². The SMILES string of the molecule is COc1ccc(Cc2cc(Br)c(OC3CCOC3)cc2N)cc1. The number of rotatable bonds is 5. The predicted molar refractivity (Wildman–Crippen MR) is 94.2 cm³/mol. The highest BCUT2D eigenvalue weighted by Crippen LogP contribution is 2.33. The molecule has 1 aliphatic rings. The molecule has 1 atom stereocenters. The third-order valence-corrected chi connectivity index (χ3v) is 4.55. The topological polar surface area (TPSA) is 53.7 Å². The summed E-state index contributed by atoms with van der Waals surface area (Å²) >= 11 is 3.58. The highest BCUT2D eigenvalue weighted by atomic mass is 79.9. The Morgan fingerprint density at radius 3 is 2.70 bits per heavy atom. The van der Waals surface area contributed by atoms with Crippen LogP contribution in [-0.2, 0) is 11.2 Å². The number of ether oxygens (including phenoxy) is 3. The van der Waals surface area contributed by atoms with Crippen molar-refractivity contribution in [3.05, 3.63) is 52.0 Å². The van der Waals surface area contributed by atoms with Crippen LogP contribution in [-0.4, -0.2) is 26.4 Å². The summed E-state index contributed by atoms with van der Waals surface area (Å²) in [4.78, 5) is 0. The van der Waals surface area contributed by atoms with E-state index in [9.17, 15) is 0 Å². The molecule has 1 heterocycles. The first-order valence-electron chi connectivity index (χ1n) is 7.61. The van der Waals surface area contributed by atoms with Crippen LogP contribution in [0.15, 0.2) is 40.9 Å². The van der Waals surface area contributed by atoms with Gasteiger partial charge in [-0.05, 0) is 51.7 Å². The molecule has 2 aromatic carbocycles. The Kier molecular flexibility index (Phi) is 5.08. The van der Waals surface area contributed by atoms with Gasteiger partial charge in [0.15, 0.2) is 0 Å². The molecule has 0 amide bonds. The molecule has 5 heteroatoms. The summed E-state index contributed by atoms with van der Waals surface area (Å²) in [6, 6.07) is 11.9. The molecule has 1 unspecified atom stereocenters. The Morgan fingerprint density at radius 2 is 2.04 bits per heavy atom. The summed E-state index contributed by atoms with van der Waals surface area (Å²) in [5, 5.41) is 0. The van der Waals surface area contributed by atoms with E-state index >= 15 is 0 Å². The maximum Gasteiger partial charge on any atom is 0.136 e. The summed E-state index contributed by atoms with van der Waals surface area (Å²) in [5.41, 5.74) is 9.20. The van der Waals surface area contributed by atoms with E-state index in [-0.39, 0.29) is 6.10 Å². The molecule has 0 aliphatic carbocycles. The molecule has 2 aromatic rings.